The Morgan fingerprint density at radius 1 is 0.600 bits per heavy atom. The van der Waals surface area contributed by atoms with Crippen LogP contribution in [0.25, 0.3) is 38.5 Å². The monoisotopic (exact) mass is 707 g/mol. The molecule has 50 heavy (non-hydrogen) atoms. The van der Waals surface area contributed by atoms with Crippen LogP contribution in [-0.4, -0.2) is 15.5 Å². The summed E-state index contributed by atoms with van der Waals surface area (Å²) < 4.78 is 3.37. The lowest BCUT2D eigenvalue weighted by Crippen LogP contribution is -2.42. The van der Waals surface area contributed by atoms with Crippen LogP contribution in [0.5, 0.6) is 0 Å². The van der Waals surface area contributed by atoms with Crippen LogP contribution in [0.3, 0.4) is 0 Å². The summed E-state index contributed by atoms with van der Waals surface area (Å²) >= 11 is 3.91. The molecule has 2 aliphatic rings. The van der Waals surface area contributed by atoms with Crippen LogP contribution in [0.1, 0.15) is 49.9 Å². The molecule has 1 spiro atoms. The van der Waals surface area contributed by atoms with E-state index in [2.05, 4.69) is 170 Å². The van der Waals surface area contributed by atoms with E-state index in [1.54, 1.807) is 0 Å². The minimum absolute atomic E-state index is 0.0627. The SMILES string of the molecule is O=C1NC2(C=C(c3ccccc3Br)c3c(-c4c(C(c5ccccc5)c5ccccc5)[nH]c5ccccc45)c4ccccc4n32)c2ccccc21. The molecular formula is C45H30BrN3O. The van der Waals surface area contributed by atoms with Gasteiger partial charge < -0.3 is 14.9 Å². The first-order chi connectivity index (χ1) is 24.6. The number of fused-ring (bicyclic) bond motifs is 7. The molecule has 0 fully saturated rings. The van der Waals surface area contributed by atoms with Gasteiger partial charge in [-0.15, -0.1) is 0 Å². The number of hydrogen-bond donors (Lipinski definition) is 2. The lowest BCUT2D eigenvalue weighted by Gasteiger charge is -2.27. The molecule has 6 aromatic carbocycles. The van der Waals surface area contributed by atoms with Crippen molar-refractivity contribution in [2.75, 3.05) is 0 Å². The Kier molecular flexibility index (Phi) is 6.42. The molecule has 4 heterocycles. The van der Waals surface area contributed by atoms with E-state index in [4.69, 9.17) is 0 Å². The first kappa shape index (κ1) is 29.0. The number of carbonyl (C=O) groups excluding carboxylic acids is 1. The molecule has 0 saturated carbocycles. The Labute approximate surface area is 297 Å². The van der Waals surface area contributed by atoms with Gasteiger partial charge in [0.25, 0.3) is 5.91 Å². The van der Waals surface area contributed by atoms with Crippen LogP contribution in [0.4, 0.5) is 0 Å². The van der Waals surface area contributed by atoms with Crippen LogP contribution >= 0.6 is 15.9 Å². The van der Waals surface area contributed by atoms with Crippen molar-refractivity contribution in [3.05, 3.63) is 207 Å². The van der Waals surface area contributed by atoms with Gasteiger partial charge in [-0.1, -0.05) is 149 Å². The Bertz CT molecular complexity index is 2630. The highest BCUT2D eigenvalue weighted by Gasteiger charge is 2.50. The highest BCUT2D eigenvalue weighted by molar-refractivity contribution is 9.10. The molecule has 2 aliphatic heterocycles. The van der Waals surface area contributed by atoms with Gasteiger partial charge in [-0.3, -0.25) is 4.79 Å². The second kappa shape index (κ2) is 11.1. The number of nitrogens with zero attached hydrogens (tertiary/aromatic N) is 1. The number of hydrogen-bond acceptors (Lipinski definition) is 1. The van der Waals surface area contributed by atoms with Crippen molar-refractivity contribution in [3.63, 3.8) is 0 Å². The van der Waals surface area contributed by atoms with E-state index in [0.29, 0.717) is 5.56 Å². The quantitative estimate of drug-likeness (QED) is 0.184. The maximum atomic E-state index is 13.8. The first-order valence-electron chi connectivity index (χ1n) is 16.9. The molecule has 1 amide bonds. The summed E-state index contributed by atoms with van der Waals surface area (Å²) in [5.41, 5.74) is 11.9. The van der Waals surface area contributed by atoms with Crippen LogP contribution in [0.2, 0.25) is 0 Å². The Balaban J connectivity index is 1.38. The van der Waals surface area contributed by atoms with Crippen molar-refractivity contribution in [2.24, 2.45) is 0 Å². The number of halogens is 1. The van der Waals surface area contributed by atoms with Gasteiger partial charge in [0.05, 0.1) is 11.2 Å². The summed E-state index contributed by atoms with van der Waals surface area (Å²) in [5, 5.41) is 5.75. The lowest BCUT2D eigenvalue weighted by molar-refractivity contribution is 0.0937. The van der Waals surface area contributed by atoms with E-state index in [1.807, 2.05) is 24.3 Å². The van der Waals surface area contributed by atoms with Crippen molar-refractivity contribution >= 4 is 49.2 Å². The van der Waals surface area contributed by atoms with Gasteiger partial charge in [-0.2, -0.15) is 0 Å². The van der Waals surface area contributed by atoms with Gasteiger partial charge in [0.15, 0.2) is 5.66 Å². The summed E-state index contributed by atoms with van der Waals surface area (Å²) in [6.45, 7) is 0. The summed E-state index contributed by atoms with van der Waals surface area (Å²) in [4.78, 5) is 17.7. The number of aromatic amines is 1. The zero-order valence-electron chi connectivity index (χ0n) is 26.9. The smallest absolute Gasteiger partial charge is 0.254 e. The molecular weight excluding hydrogens is 678 g/mol. The van der Waals surface area contributed by atoms with Gasteiger partial charge in [0.1, 0.15) is 0 Å². The van der Waals surface area contributed by atoms with Gasteiger partial charge in [0, 0.05) is 60.2 Å². The predicted octanol–water partition coefficient (Wildman–Crippen LogP) is 10.6. The fourth-order valence-corrected chi connectivity index (χ4v) is 8.92. The number of benzene rings is 6. The normalized spacial score (nSPS) is 16.3. The fourth-order valence-electron chi connectivity index (χ4n) is 8.42. The van der Waals surface area contributed by atoms with Crippen molar-refractivity contribution in [1.29, 1.82) is 0 Å². The molecule has 1 atom stereocenters. The second-order valence-corrected chi connectivity index (χ2v) is 13.9. The maximum Gasteiger partial charge on any atom is 0.254 e. The lowest BCUT2D eigenvalue weighted by atomic mass is 9.83. The molecule has 238 valence electrons. The third-order valence-electron chi connectivity index (χ3n) is 10.4. The molecule has 0 radical (unpaired) electrons. The molecule has 5 heteroatoms. The molecule has 0 aliphatic carbocycles. The van der Waals surface area contributed by atoms with Gasteiger partial charge in [-0.05, 0) is 47.0 Å². The number of carbonyl (C=O) groups is 1. The van der Waals surface area contributed by atoms with E-state index < -0.39 is 5.66 Å². The minimum atomic E-state index is -0.907. The van der Waals surface area contributed by atoms with Gasteiger partial charge in [0.2, 0.25) is 0 Å². The molecule has 2 N–H and O–H groups in total. The van der Waals surface area contributed by atoms with E-state index in [1.165, 1.54) is 11.1 Å². The number of nitrogens with one attached hydrogen (secondary N) is 2. The summed E-state index contributed by atoms with van der Waals surface area (Å²) in [5.74, 6) is -0.135. The molecule has 2 aromatic heterocycles. The topological polar surface area (TPSA) is 49.8 Å². The average Bonchev–Trinajstić information content (AvgIpc) is 3.88. The van der Waals surface area contributed by atoms with Crippen LogP contribution in [-0.2, 0) is 5.66 Å². The van der Waals surface area contributed by atoms with Crippen molar-refractivity contribution in [3.8, 4) is 11.1 Å². The standard InChI is InChI=1S/C45H30BrN3O/c46-36-24-12-8-19-30(36)34-27-45(35-23-11-7-20-31(35)44(50)48-45)49-38-26-14-10-22-33(38)41(43(34)49)40-32-21-9-13-25-37(32)47-42(40)39(28-15-3-1-4-16-28)29-17-5-2-6-18-29/h1-27,39,47H,(H,48,50). The summed E-state index contributed by atoms with van der Waals surface area (Å²) in [6.07, 6.45) is 2.27. The zero-order valence-corrected chi connectivity index (χ0v) is 28.5. The fraction of sp³-hybridized carbons (Fsp3) is 0.0444. The third-order valence-corrected chi connectivity index (χ3v) is 11.1. The number of amides is 1. The Morgan fingerprint density at radius 2 is 1.20 bits per heavy atom. The Hall–Kier alpha value is -5.91. The number of rotatable bonds is 5. The number of H-pyrrole nitrogens is 1. The van der Waals surface area contributed by atoms with Crippen LogP contribution in [0, 0.1) is 0 Å². The second-order valence-electron chi connectivity index (χ2n) is 13.1. The minimum Gasteiger partial charge on any atom is -0.357 e. The predicted molar refractivity (Wildman–Crippen MR) is 205 cm³/mol. The molecule has 4 nitrogen and oxygen atoms in total. The number of aromatic nitrogens is 2. The van der Waals surface area contributed by atoms with Crippen molar-refractivity contribution in [2.45, 2.75) is 11.6 Å². The third kappa shape index (κ3) is 4.07. The molecule has 10 rings (SSSR count). The van der Waals surface area contributed by atoms with Gasteiger partial charge >= 0.3 is 0 Å². The summed E-state index contributed by atoms with van der Waals surface area (Å²) in [7, 11) is 0. The highest BCUT2D eigenvalue weighted by Crippen LogP contribution is 2.55. The van der Waals surface area contributed by atoms with E-state index in [-0.39, 0.29) is 11.8 Å². The average molecular weight is 709 g/mol. The highest BCUT2D eigenvalue weighted by atomic mass is 79.9. The Morgan fingerprint density at radius 3 is 1.94 bits per heavy atom. The molecule has 1 unspecified atom stereocenters. The van der Waals surface area contributed by atoms with E-state index >= 15 is 0 Å². The zero-order chi connectivity index (χ0) is 33.4. The first-order valence-corrected chi connectivity index (χ1v) is 17.7. The number of para-hydroxylation sites is 2. The van der Waals surface area contributed by atoms with Gasteiger partial charge in [-0.25, -0.2) is 0 Å². The molecule has 0 saturated heterocycles. The van der Waals surface area contributed by atoms with Crippen molar-refractivity contribution in [1.82, 2.24) is 14.9 Å². The summed E-state index contributed by atoms with van der Waals surface area (Å²) in [6, 6.07) is 55.2. The van der Waals surface area contributed by atoms with Crippen LogP contribution < -0.4 is 5.32 Å². The molecule has 8 aromatic rings. The van der Waals surface area contributed by atoms with Crippen LogP contribution in [0.15, 0.2) is 168 Å². The molecule has 0 bridgehead atoms. The van der Waals surface area contributed by atoms with E-state index in [9.17, 15) is 4.79 Å². The largest absolute Gasteiger partial charge is 0.357 e. The van der Waals surface area contributed by atoms with E-state index in [0.717, 1.165) is 65.5 Å². The van der Waals surface area contributed by atoms with Crippen molar-refractivity contribution < 1.29 is 4.79 Å². The maximum absolute atomic E-state index is 13.8.